The molecule has 1 heterocycles. The number of ether oxygens (including phenoxy) is 1. The minimum atomic E-state index is 0.227. The Morgan fingerprint density at radius 2 is 2.00 bits per heavy atom. The maximum absolute atomic E-state index is 5.58. The summed E-state index contributed by atoms with van der Waals surface area (Å²) >= 11 is 0. The molecule has 1 unspecified atom stereocenters. The number of nitrogens with one attached hydrogen (secondary N) is 1. The molecule has 0 spiro atoms. The van der Waals surface area contributed by atoms with Gasteiger partial charge in [0.05, 0.1) is 12.8 Å². The SMILES string of the molecule is COc1cc(C)cc(C)c1N(C)C1CNC(C)(C)C1. The van der Waals surface area contributed by atoms with E-state index in [2.05, 4.69) is 57.1 Å². The van der Waals surface area contributed by atoms with Gasteiger partial charge in [-0.1, -0.05) is 6.07 Å². The summed E-state index contributed by atoms with van der Waals surface area (Å²) in [5.41, 5.74) is 3.98. The van der Waals surface area contributed by atoms with Crippen LogP contribution in [0.3, 0.4) is 0 Å². The van der Waals surface area contributed by atoms with Crippen molar-refractivity contribution in [1.29, 1.82) is 0 Å². The molecule has 0 aromatic heterocycles. The van der Waals surface area contributed by atoms with Crippen LogP contribution in [0.1, 0.15) is 31.4 Å². The Bertz CT molecular complexity index is 468. The molecule has 0 amide bonds. The fourth-order valence-corrected chi connectivity index (χ4v) is 3.11. The summed E-state index contributed by atoms with van der Waals surface area (Å²) in [5.74, 6) is 0.977. The lowest BCUT2D eigenvalue weighted by molar-refractivity contribution is 0.412. The summed E-state index contributed by atoms with van der Waals surface area (Å²) in [4.78, 5) is 2.37. The van der Waals surface area contributed by atoms with Gasteiger partial charge in [0.25, 0.3) is 0 Å². The van der Waals surface area contributed by atoms with Crippen LogP contribution in [0.15, 0.2) is 12.1 Å². The molecular formula is C16H26N2O. The van der Waals surface area contributed by atoms with Crippen molar-refractivity contribution in [2.75, 3.05) is 25.6 Å². The maximum Gasteiger partial charge on any atom is 0.142 e. The van der Waals surface area contributed by atoms with Gasteiger partial charge in [0.2, 0.25) is 0 Å². The smallest absolute Gasteiger partial charge is 0.142 e. The highest BCUT2D eigenvalue weighted by Crippen LogP contribution is 2.35. The van der Waals surface area contributed by atoms with Crippen molar-refractivity contribution in [3.8, 4) is 5.75 Å². The van der Waals surface area contributed by atoms with Crippen LogP contribution in [-0.4, -0.2) is 32.3 Å². The summed E-state index contributed by atoms with van der Waals surface area (Å²) in [6.45, 7) is 9.83. The van der Waals surface area contributed by atoms with Crippen LogP contribution in [0.2, 0.25) is 0 Å². The fourth-order valence-electron chi connectivity index (χ4n) is 3.11. The molecule has 1 saturated heterocycles. The molecule has 1 aliphatic heterocycles. The zero-order valence-electron chi connectivity index (χ0n) is 13.0. The monoisotopic (exact) mass is 262 g/mol. The summed E-state index contributed by atoms with van der Waals surface area (Å²) in [5, 5.41) is 3.58. The van der Waals surface area contributed by atoms with Crippen LogP contribution in [0.25, 0.3) is 0 Å². The van der Waals surface area contributed by atoms with Gasteiger partial charge in [0.1, 0.15) is 5.75 Å². The van der Waals surface area contributed by atoms with Gasteiger partial charge < -0.3 is 15.0 Å². The predicted octanol–water partition coefficient (Wildman–Crippen LogP) is 2.89. The molecule has 1 aromatic rings. The first kappa shape index (κ1) is 14.2. The number of benzene rings is 1. The van der Waals surface area contributed by atoms with E-state index in [0.717, 1.165) is 18.7 Å². The van der Waals surface area contributed by atoms with Gasteiger partial charge in [0, 0.05) is 25.2 Å². The van der Waals surface area contributed by atoms with Crippen LogP contribution in [0.4, 0.5) is 5.69 Å². The Morgan fingerprint density at radius 1 is 1.32 bits per heavy atom. The first-order chi connectivity index (χ1) is 8.84. The lowest BCUT2D eigenvalue weighted by Gasteiger charge is -2.30. The first-order valence-corrected chi connectivity index (χ1v) is 6.97. The van der Waals surface area contributed by atoms with Crippen molar-refractivity contribution in [2.45, 2.75) is 45.7 Å². The molecule has 2 rings (SSSR count). The summed E-state index contributed by atoms with van der Waals surface area (Å²) in [6.07, 6.45) is 1.15. The topological polar surface area (TPSA) is 24.5 Å². The number of anilines is 1. The molecule has 1 N–H and O–H groups in total. The molecule has 0 aliphatic carbocycles. The Morgan fingerprint density at radius 3 is 2.53 bits per heavy atom. The van der Waals surface area contributed by atoms with E-state index in [1.807, 2.05) is 0 Å². The predicted molar refractivity (Wildman–Crippen MR) is 81.4 cm³/mol. The normalized spacial score (nSPS) is 21.5. The molecular weight excluding hydrogens is 236 g/mol. The third kappa shape index (κ3) is 2.86. The second kappa shape index (κ2) is 5.04. The van der Waals surface area contributed by atoms with Gasteiger partial charge in [-0.3, -0.25) is 0 Å². The average molecular weight is 262 g/mol. The number of aryl methyl sites for hydroxylation is 2. The van der Waals surface area contributed by atoms with Crippen molar-refractivity contribution in [2.24, 2.45) is 0 Å². The summed E-state index contributed by atoms with van der Waals surface area (Å²) < 4.78 is 5.58. The molecule has 1 atom stereocenters. The third-order valence-corrected chi connectivity index (χ3v) is 4.09. The lowest BCUT2D eigenvalue weighted by atomic mass is 9.99. The highest BCUT2D eigenvalue weighted by molar-refractivity contribution is 5.65. The number of methoxy groups -OCH3 is 1. The maximum atomic E-state index is 5.58. The van der Waals surface area contributed by atoms with Gasteiger partial charge in [0.15, 0.2) is 0 Å². The van der Waals surface area contributed by atoms with Crippen LogP contribution in [-0.2, 0) is 0 Å². The van der Waals surface area contributed by atoms with E-state index in [9.17, 15) is 0 Å². The van der Waals surface area contributed by atoms with Crippen LogP contribution in [0.5, 0.6) is 5.75 Å². The van der Waals surface area contributed by atoms with Crippen molar-refractivity contribution in [1.82, 2.24) is 5.32 Å². The van der Waals surface area contributed by atoms with E-state index in [4.69, 9.17) is 4.74 Å². The molecule has 106 valence electrons. The Hall–Kier alpha value is -1.22. The molecule has 0 saturated carbocycles. The molecule has 0 radical (unpaired) electrons. The van der Waals surface area contributed by atoms with Crippen LogP contribution >= 0.6 is 0 Å². The van der Waals surface area contributed by atoms with E-state index >= 15 is 0 Å². The first-order valence-electron chi connectivity index (χ1n) is 6.97. The zero-order valence-corrected chi connectivity index (χ0v) is 13.0. The molecule has 1 aromatic carbocycles. The van der Waals surface area contributed by atoms with Crippen molar-refractivity contribution in [3.05, 3.63) is 23.3 Å². The number of rotatable bonds is 3. The standard InChI is InChI=1S/C16H26N2O/c1-11-7-12(2)15(14(8-11)19-6)18(5)13-9-16(3,4)17-10-13/h7-8,13,17H,9-10H2,1-6H3. The lowest BCUT2D eigenvalue weighted by Crippen LogP contribution is -2.34. The number of nitrogens with zero attached hydrogens (tertiary/aromatic N) is 1. The quantitative estimate of drug-likeness (QED) is 0.906. The van der Waals surface area contributed by atoms with E-state index < -0.39 is 0 Å². The number of hydrogen-bond donors (Lipinski definition) is 1. The molecule has 1 fully saturated rings. The van der Waals surface area contributed by atoms with Gasteiger partial charge in [-0.2, -0.15) is 0 Å². The zero-order chi connectivity index (χ0) is 14.2. The minimum Gasteiger partial charge on any atom is -0.495 e. The average Bonchev–Trinajstić information content (AvgIpc) is 2.68. The van der Waals surface area contributed by atoms with Crippen molar-refractivity contribution in [3.63, 3.8) is 0 Å². The second-order valence-corrected chi connectivity index (χ2v) is 6.37. The van der Waals surface area contributed by atoms with Crippen molar-refractivity contribution < 1.29 is 4.74 Å². The van der Waals surface area contributed by atoms with Crippen molar-refractivity contribution >= 4 is 5.69 Å². The third-order valence-electron chi connectivity index (χ3n) is 4.09. The molecule has 0 bridgehead atoms. The molecule has 19 heavy (non-hydrogen) atoms. The Kier molecular flexibility index (Phi) is 3.77. The van der Waals surface area contributed by atoms with E-state index in [-0.39, 0.29) is 5.54 Å². The summed E-state index contributed by atoms with van der Waals surface area (Å²) in [7, 11) is 3.93. The highest BCUT2D eigenvalue weighted by atomic mass is 16.5. The number of hydrogen-bond acceptors (Lipinski definition) is 3. The van der Waals surface area contributed by atoms with E-state index in [0.29, 0.717) is 6.04 Å². The molecule has 3 heteroatoms. The number of likely N-dealkylation sites (N-methyl/N-ethyl adjacent to an activating group) is 1. The van der Waals surface area contributed by atoms with Gasteiger partial charge in [-0.15, -0.1) is 0 Å². The van der Waals surface area contributed by atoms with E-state index in [1.54, 1.807) is 7.11 Å². The molecule has 1 aliphatic rings. The largest absolute Gasteiger partial charge is 0.495 e. The van der Waals surface area contributed by atoms with E-state index in [1.165, 1.54) is 16.8 Å². The Balaban J connectivity index is 2.31. The summed E-state index contributed by atoms with van der Waals surface area (Å²) in [6, 6.07) is 4.86. The van der Waals surface area contributed by atoms with Gasteiger partial charge in [-0.05, 0) is 51.3 Å². The van der Waals surface area contributed by atoms with Gasteiger partial charge >= 0.3 is 0 Å². The Labute approximate surface area is 116 Å². The molecule has 3 nitrogen and oxygen atoms in total. The fraction of sp³-hybridized carbons (Fsp3) is 0.625. The van der Waals surface area contributed by atoms with Gasteiger partial charge in [-0.25, -0.2) is 0 Å². The van der Waals surface area contributed by atoms with Crippen LogP contribution in [0, 0.1) is 13.8 Å². The minimum absolute atomic E-state index is 0.227. The second-order valence-electron chi connectivity index (χ2n) is 6.37. The van der Waals surface area contributed by atoms with Crippen LogP contribution < -0.4 is 15.0 Å². The highest BCUT2D eigenvalue weighted by Gasteiger charge is 2.33.